The fourth-order valence-corrected chi connectivity index (χ4v) is 3.80. The SMILES string of the molecule is CCNCc1n[nH]c(C)c1S(=O)(=O)NC(C)CCC(C)C. The minimum Gasteiger partial charge on any atom is -0.311 e. The van der Waals surface area contributed by atoms with Crippen LogP contribution in [-0.2, 0) is 16.6 Å². The summed E-state index contributed by atoms with van der Waals surface area (Å²) in [5.74, 6) is 0.567. The Labute approximate surface area is 128 Å². The molecule has 1 aromatic heterocycles. The molecule has 21 heavy (non-hydrogen) atoms. The van der Waals surface area contributed by atoms with E-state index < -0.39 is 10.0 Å². The summed E-state index contributed by atoms with van der Waals surface area (Å²) in [5.41, 5.74) is 1.12. The first kappa shape index (κ1) is 18.1. The fraction of sp³-hybridized carbons (Fsp3) is 0.786. The third kappa shape index (κ3) is 5.41. The number of hydrogen-bond acceptors (Lipinski definition) is 4. The van der Waals surface area contributed by atoms with Crippen molar-refractivity contribution in [1.82, 2.24) is 20.2 Å². The Kier molecular flexibility index (Phi) is 6.83. The van der Waals surface area contributed by atoms with Gasteiger partial charge in [0, 0.05) is 12.6 Å². The van der Waals surface area contributed by atoms with Gasteiger partial charge in [-0.15, -0.1) is 0 Å². The molecule has 1 atom stereocenters. The van der Waals surface area contributed by atoms with E-state index in [1.807, 2.05) is 13.8 Å². The lowest BCUT2D eigenvalue weighted by Gasteiger charge is -2.16. The number of aryl methyl sites for hydroxylation is 1. The number of H-pyrrole nitrogens is 1. The van der Waals surface area contributed by atoms with Crippen LogP contribution in [0, 0.1) is 12.8 Å². The first-order chi connectivity index (χ1) is 9.77. The molecular formula is C14H28N4O2S. The van der Waals surface area contributed by atoms with Crippen molar-refractivity contribution >= 4 is 10.0 Å². The van der Waals surface area contributed by atoms with Gasteiger partial charge in [0.25, 0.3) is 0 Å². The molecule has 1 rings (SSSR count). The second-order valence-electron chi connectivity index (χ2n) is 5.90. The molecule has 0 fully saturated rings. The molecule has 0 saturated carbocycles. The first-order valence-corrected chi connectivity index (χ1v) is 9.03. The van der Waals surface area contributed by atoms with Crippen LogP contribution in [0.3, 0.4) is 0 Å². The monoisotopic (exact) mass is 316 g/mol. The van der Waals surface area contributed by atoms with Gasteiger partial charge in [-0.25, -0.2) is 13.1 Å². The van der Waals surface area contributed by atoms with Crippen LogP contribution in [0.5, 0.6) is 0 Å². The molecular weight excluding hydrogens is 288 g/mol. The summed E-state index contributed by atoms with van der Waals surface area (Å²) in [5, 5.41) is 9.97. The zero-order valence-electron chi connectivity index (χ0n) is 13.7. The fourth-order valence-electron chi connectivity index (χ4n) is 2.16. The standard InChI is InChI=1S/C14H28N4O2S/c1-6-15-9-13-14(12(5)16-17-13)21(19,20)18-11(4)8-7-10(2)3/h10-11,15,18H,6-9H2,1-5H3,(H,16,17). The molecule has 122 valence electrons. The number of sulfonamides is 1. The maximum atomic E-state index is 12.6. The maximum Gasteiger partial charge on any atom is 0.244 e. The molecule has 3 N–H and O–H groups in total. The molecule has 1 unspecified atom stereocenters. The quantitative estimate of drug-likeness (QED) is 0.649. The van der Waals surface area contributed by atoms with Gasteiger partial charge in [0.1, 0.15) is 4.90 Å². The van der Waals surface area contributed by atoms with Gasteiger partial charge in [-0.3, -0.25) is 5.10 Å². The van der Waals surface area contributed by atoms with Crippen LogP contribution in [0.2, 0.25) is 0 Å². The zero-order valence-corrected chi connectivity index (χ0v) is 14.5. The highest BCUT2D eigenvalue weighted by Crippen LogP contribution is 2.18. The molecule has 0 spiro atoms. The van der Waals surface area contributed by atoms with E-state index in [4.69, 9.17) is 0 Å². The van der Waals surface area contributed by atoms with Gasteiger partial charge in [0.2, 0.25) is 10.0 Å². The van der Waals surface area contributed by atoms with Crippen LogP contribution in [-0.4, -0.2) is 31.2 Å². The maximum absolute atomic E-state index is 12.6. The molecule has 1 aromatic rings. The molecule has 6 nitrogen and oxygen atoms in total. The lowest BCUT2D eigenvalue weighted by Crippen LogP contribution is -2.33. The van der Waals surface area contributed by atoms with E-state index in [9.17, 15) is 8.42 Å². The Hall–Kier alpha value is -0.920. The van der Waals surface area contributed by atoms with Crippen molar-refractivity contribution in [3.63, 3.8) is 0 Å². The van der Waals surface area contributed by atoms with Crippen LogP contribution in [0.15, 0.2) is 4.90 Å². The van der Waals surface area contributed by atoms with Crippen molar-refractivity contribution in [3.8, 4) is 0 Å². The van der Waals surface area contributed by atoms with E-state index in [2.05, 4.69) is 34.1 Å². The second-order valence-corrected chi connectivity index (χ2v) is 7.55. The van der Waals surface area contributed by atoms with Gasteiger partial charge in [-0.05, 0) is 39.2 Å². The number of nitrogens with one attached hydrogen (secondary N) is 3. The molecule has 0 aliphatic rings. The predicted molar refractivity (Wildman–Crippen MR) is 84.6 cm³/mol. The summed E-state index contributed by atoms with van der Waals surface area (Å²) in [6.45, 7) is 11.1. The van der Waals surface area contributed by atoms with Crippen LogP contribution in [0.1, 0.15) is 51.9 Å². The van der Waals surface area contributed by atoms with Crippen molar-refractivity contribution in [3.05, 3.63) is 11.4 Å². The van der Waals surface area contributed by atoms with Gasteiger partial charge >= 0.3 is 0 Å². The minimum atomic E-state index is -3.54. The van der Waals surface area contributed by atoms with E-state index in [1.165, 1.54) is 0 Å². The number of aromatic amines is 1. The van der Waals surface area contributed by atoms with E-state index in [-0.39, 0.29) is 10.9 Å². The van der Waals surface area contributed by atoms with Crippen molar-refractivity contribution < 1.29 is 8.42 Å². The Morgan fingerprint density at radius 3 is 2.48 bits per heavy atom. The minimum absolute atomic E-state index is 0.0846. The average molecular weight is 316 g/mol. The molecule has 0 aliphatic carbocycles. The third-order valence-electron chi connectivity index (χ3n) is 3.31. The second kappa shape index (κ2) is 7.91. The van der Waals surface area contributed by atoms with E-state index in [1.54, 1.807) is 6.92 Å². The van der Waals surface area contributed by atoms with Crippen molar-refractivity contribution in [2.75, 3.05) is 6.54 Å². The highest BCUT2D eigenvalue weighted by atomic mass is 32.2. The Morgan fingerprint density at radius 2 is 1.90 bits per heavy atom. The van der Waals surface area contributed by atoms with E-state index >= 15 is 0 Å². The summed E-state index contributed by atoms with van der Waals surface area (Å²) < 4.78 is 27.9. The summed E-state index contributed by atoms with van der Waals surface area (Å²) in [6, 6.07) is -0.0846. The molecule has 0 aromatic carbocycles. The van der Waals surface area contributed by atoms with Crippen LogP contribution >= 0.6 is 0 Å². The van der Waals surface area contributed by atoms with E-state index in [0.29, 0.717) is 23.9 Å². The molecule has 0 saturated heterocycles. The Bertz CT molecular complexity index is 537. The number of aromatic nitrogens is 2. The molecule has 1 heterocycles. The van der Waals surface area contributed by atoms with Crippen molar-refractivity contribution in [2.45, 2.75) is 64.9 Å². The van der Waals surface area contributed by atoms with Crippen molar-refractivity contribution in [1.29, 1.82) is 0 Å². The topological polar surface area (TPSA) is 86.9 Å². The molecule has 0 bridgehead atoms. The van der Waals surface area contributed by atoms with Gasteiger partial charge in [0.05, 0.1) is 11.4 Å². The molecule has 0 radical (unpaired) electrons. The largest absolute Gasteiger partial charge is 0.311 e. The summed E-state index contributed by atoms with van der Waals surface area (Å²) in [4.78, 5) is 0.278. The normalized spacial score (nSPS) is 13.8. The van der Waals surface area contributed by atoms with Gasteiger partial charge in [-0.2, -0.15) is 5.10 Å². The third-order valence-corrected chi connectivity index (χ3v) is 5.10. The molecule has 0 amide bonds. The first-order valence-electron chi connectivity index (χ1n) is 7.54. The molecule has 0 aliphatic heterocycles. The number of hydrogen-bond donors (Lipinski definition) is 3. The van der Waals surface area contributed by atoms with Crippen LogP contribution < -0.4 is 10.0 Å². The van der Waals surface area contributed by atoms with E-state index in [0.717, 1.165) is 19.4 Å². The summed E-state index contributed by atoms with van der Waals surface area (Å²) in [7, 11) is -3.54. The van der Waals surface area contributed by atoms with Gasteiger partial charge in [0.15, 0.2) is 0 Å². The highest BCUT2D eigenvalue weighted by Gasteiger charge is 2.25. The summed E-state index contributed by atoms with van der Waals surface area (Å²) >= 11 is 0. The average Bonchev–Trinajstić information content (AvgIpc) is 2.75. The predicted octanol–water partition coefficient (Wildman–Crippen LogP) is 1.93. The summed E-state index contributed by atoms with van der Waals surface area (Å²) in [6.07, 6.45) is 1.83. The smallest absolute Gasteiger partial charge is 0.244 e. The van der Waals surface area contributed by atoms with Gasteiger partial charge in [-0.1, -0.05) is 20.8 Å². The Balaban J connectivity index is 2.84. The highest BCUT2D eigenvalue weighted by molar-refractivity contribution is 7.89. The Morgan fingerprint density at radius 1 is 1.24 bits per heavy atom. The van der Waals surface area contributed by atoms with Crippen LogP contribution in [0.4, 0.5) is 0 Å². The van der Waals surface area contributed by atoms with Crippen LogP contribution in [0.25, 0.3) is 0 Å². The number of nitrogens with zero attached hydrogens (tertiary/aromatic N) is 1. The number of rotatable bonds is 9. The van der Waals surface area contributed by atoms with Gasteiger partial charge < -0.3 is 5.32 Å². The zero-order chi connectivity index (χ0) is 16.0. The lowest BCUT2D eigenvalue weighted by molar-refractivity contribution is 0.485. The molecule has 7 heteroatoms. The lowest BCUT2D eigenvalue weighted by atomic mass is 10.1. The van der Waals surface area contributed by atoms with Crippen molar-refractivity contribution in [2.24, 2.45) is 5.92 Å².